The molecule has 7 nitrogen and oxygen atoms in total. The summed E-state index contributed by atoms with van der Waals surface area (Å²) in [5.41, 5.74) is 0.430. The number of alkyl halides is 2. The molecule has 0 unspecified atom stereocenters. The van der Waals surface area contributed by atoms with E-state index in [1.807, 2.05) is 0 Å². The van der Waals surface area contributed by atoms with Gasteiger partial charge < -0.3 is 15.7 Å². The Labute approximate surface area is 160 Å². The van der Waals surface area contributed by atoms with Crippen molar-refractivity contribution < 1.29 is 31.9 Å². The van der Waals surface area contributed by atoms with Gasteiger partial charge in [0.15, 0.2) is 0 Å². The second kappa shape index (κ2) is 9.27. The van der Waals surface area contributed by atoms with Gasteiger partial charge in [-0.15, -0.1) is 0 Å². The van der Waals surface area contributed by atoms with Crippen LogP contribution in [0.5, 0.6) is 5.75 Å². The van der Waals surface area contributed by atoms with Crippen LogP contribution in [0.1, 0.15) is 27.1 Å². The average Bonchev–Trinajstić information content (AvgIpc) is 2.67. The van der Waals surface area contributed by atoms with E-state index in [0.29, 0.717) is 12.0 Å². The molecule has 2 aromatic carbocycles. The Morgan fingerprint density at radius 1 is 0.929 bits per heavy atom. The van der Waals surface area contributed by atoms with Crippen LogP contribution in [-0.4, -0.2) is 44.2 Å². The number of hydrogen-bond donors (Lipinski definition) is 3. The van der Waals surface area contributed by atoms with Gasteiger partial charge in [0, 0.05) is 24.2 Å². The molecular weight excluding hydrogens is 394 g/mol. The molecule has 0 saturated carbocycles. The molecule has 2 amide bonds. The zero-order valence-electron chi connectivity index (χ0n) is 14.6. The molecule has 0 aromatic heterocycles. The molecular formula is C18H18F2N2O5S. The first kappa shape index (κ1) is 21.3. The summed E-state index contributed by atoms with van der Waals surface area (Å²) in [4.78, 5) is 23.3. The van der Waals surface area contributed by atoms with E-state index >= 15 is 0 Å². The summed E-state index contributed by atoms with van der Waals surface area (Å²) in [5, 5.41) is 14.5. The van der Waals surface area contributed by atoms with Gasteiger partial charge in [-0.2, -0.15) is 8.78 Å². The normalized spacial score (nSPS) is 11.2. The van der Waals surface area contributed by atoms with Gasteiger partial charge in [-0.1, -0.05) is 6.07 Å². The highest BCUT2D eigenvalue weighted by molar-refractivity contribution is 7.91. The molecule has 0 saturated heterocycles. The second-order valence-corrected chi connectivity index (χ2v) is 7.66. The number of rotatable bonds is 8. The zero-order chi connectivity index (χ0) is 20.7. The Kier molecular flexibility index (Phi) is 7.05. The van der Waals surface area contributed by atoms with E-state index in [0.717, 1.165) is 24.3 Å². The highest BCUT2D eigenvalue weighted by Crippen LogP contribution is 2.18. The van der Waals surface area contributed by atoms with E-state index in [2.05, 4.69) is 10.6 Å². The predicted octanol–water partition coefficient (Wildman–Crippen LogP) is 1.94. The van der Waals surface area contributed by atoms with E-state index in [1.54, 1.807) is 12.1 Å². The van der Waals surface area contributed by atoms with Gasteiger partial charge in [0.05, 0.1) is 4.90 Å². The quantitative estimate of drug-likeness (QED) is 0.574. The van der Waals surface area contributed by atoms with Crippen LogP contribution in [0, 0.1) is 0 Å². The number of amides is 2. The maximum Gasteiger partial charge on any atom is 0.341 e. The summed E-state index contributed by atoms with van der Waals surface area (Å²) < 4.78 is 47.6. The van der Waals surface area contributed by atoms with Gasteiger partial charge in [-0.3, -0.25) is 9.59 Å². The van der Waals surface area contributed by atoms with Crippen LogP contribution in [-0.2, 0) is 9.84 Å². The molecule has 3 N–H and O–H groups in total. The number of phenolic OH excluding ortho intramolecular Hbond substituents is 1. The number of sulfone groups is 1. The van der Waals surface area contributed by atoms with Crippen LogP contribution < -0.4 is 10.6 Å². The summed E-state index contributed by atoms with van der Waals surface area (Å²) in [5.74, 6) is -4.41. The third-order valence-corrected chi connectivity index (χ3v) is 5.11. The fourth-order valence-corrected chi connectivity index (χ4v) is 2.96. The predicted molar refractivity (Wildman–Crippen MR) is 97.0 cm³/mol. The number of phenols is 1. The third-order valence-electron chi connectivity index (χ3n) is 3.71. The van der Waals surface area contributed by atoms with Crippen LogP contribution in [0.3, 0.4) is 0 Å². The second-order valence-electron chi connectivity index (χ2n) is 5.75. The molecule has 28 heavy (non-hydrogen) atoms. The van der Waals surface area contributed by atoms with Crippen molar-refractivity contribution >= 4 is 21.7 Å². The minimum atomic E-state index is -4.70. The van der Waals surface area contributed by atoms with Crippen LogP contribution in [0.2, 0.25) is 0 Å². The summed E-state index contributed by atoms with van der Waals surface area (Å²) in [6.07, 6.45) is 0.425. The van der Waals surface area contributed by atoms with Crippen molar-refractivity contribution in [3.05, 3.63) is 59.7 Å². The number of benzene rings is 2. The Morgan fingerprint density at radius 2 is 1.50 bits per heavy atom. The lowest BCUT2D eigenvalue weighted by molar-refractivity contribution is 0.0951. The van der Waals surface area contributed by atoms with Crippen LogP contribution >= 0.6 is 0 Å². The van der Waals surface area contributed by atoms with Crippen LogP contribution in [0.15, 0.2) is 53.4 Å². The summed E-state index contributed by atoms with van der Waals surface area (Å²) in [7, 11) is -4.70. The molecule has 2 rings (SSSR count). The molecule has 0 aliphatic heterocycles. The molecule has 10 heteroatoms. The lowest BCUT2D eigenvalue weighted by Gasteiger charge is -2.08. The third kappa shape index (κ3) is 5.49. The molecule has 0 fully saturated rings. The first-order valence-corrected chi connectivity index (χ1v) is 9.74. The standard InChI is InChI=1S/C18H18F2N2O5S/c19-18(20)28(26,27)15-7-5-12(6-8-15)16(24)21-9-2-10-22-17(25)13-3-1-4-14(23)11-13/h1,3-8,11,18,23H,2,9-10H2,(H,21,24)(H,22,25). The minimum absolute atomic E-state index is 0.0210. The van der Waals surface area contributed by atoms with Crippen molar-refractivity contribution in [3.8, 4) is 5.75 Å². The topological polar surface area (TPSA) is 113 Å². The highest BCUT2D eigenvalue weighted by atomic mass is 32.2. The van der Waals surface area contributed by atoms with Crippen molar-refractivity contribution in [1.29, 1.82) is 0 Å². The molecule has 0 aliphatic carbocycles. The average molecular weight is 412 g/mol. The Bertz CT molecular complexity index is 947. The zero-order valence-corrected chi connectivity index (χ0v) is 15.4. The number of aromatic hydroxyl groups is 1. The monoisotopic (exact) mass is 412 g/mol. The molecule has 0 bridgehead atoms. The van der Waals surface area contributed by atoms with E-state index in [1.165, 1.54) is 12.1 Å². The van der Waals surface area contributed by atoms with Crippen molar-refractivity contribution in [1.82, 2.24) is 10.6 Å². The summed E-state index contributed by atoms with van der Waals surface area (Å²) >= 11 is 0. The fourth-order valence-electron chi connectivity index (χ4n) is 2.24. The number of carbonyl (C=O) groups excluding carboxylic acids is 2. The van der Waals surface area contributed by atoms with Crippen molar-refractivity contribution in [2.75, 3.05) is 13.1 Å². The number of carbonyl (C=O) groups is 2. The van der Waals surface area contributed by atoms with E-state index in [4.69, 9.17) is 0 Å². The van der Waals surface area contributed by atoms with E-state index in [-0.39, 0.29) is 30.3 Å². The molecule has 0 spiro atoms. The number of nitrogens with one attached hydrogen (secondary N) is 2. The summed E-state index contributed by atoms with van der Waals surface area (Å²) in [6, 6.07) is 10.1. The largest absolute Gasteiger partial charge is 0.508 e. The molecule has 0 atom stereocenters. The lowest BCUT2D eigenvalue weighted by Crippen LogP contribution is -2.29. The van der Waals surface area contributed by atoms with Crippen LogP contribution in [0.4, 0.5) is 8.78 Å². The van der Waals surface area contributed by atoms with Gasteiger partial charge in [0.25, 0.3) is 11.8 Å². The van der Waals surface area contributed by atoms with Crippen molar-refractivity contribution in [2.24, 2.45) is 0 Å². The molecule has 0 heterocycles. The van der Waals surface area contributed by atoms with Gasteiger partial charge in [0.2, 0.25) is 9.84 Å². The smallest absolute Gasteiger partial charge is 0.341 e. The van der Waals surface area contributed by atoms with Gasteiger partial charge in [-0.25, -0.2) is 8.42 Å². The molecule has 0 radical (unpaired) electrons. The Balaban J connectivity index is 1.77. The maximum atomic E-state index is 12.5. The Hall–Kier alpha value is -3.01. The number of hydrogen-bond acceptors (Lipinski definition) is 5. The molecule has 150 valence electrons. The maximum absolute atomic E-state index is 12.5. The Morgan fingerprint density at radius 3 is 2.04 bits per heavy atom. The van der Waals surface area contributed by atoms with Crippen LogP contribution in [0.25, 0.3) is 0 Å². The lowest BCUT2D eigenvalue weighted by atomic mass is 10.2. The minimum Gasteiger partial charge on any atom is -0.508 e. The molecule has 2 aromatic rings. The summed E-state index contributed by atoms with van der Waals surface area (Å²) in [6.45, 7) is 0.510. The van der Waals surface area contributed by atoms with Gasteiger partial charge in [-0.05, 0) is 48.9 Å². The SMILES string of the molecule is O=C(NCCCNC(=O)c1cccc(O)c1)c1ccc(S(=O)(=O)C(F)F)cc1. The van der Waals surface area contributed by atoms with Crippen molar-refractivity contribution in [3.63, 3.8) is 0 Å². The fraction of sp³-hybridized carbons (Fsp3) is 0.222. The molecule has 0 aliphatic rings. The first-order valence-electron chi connectivity index (χ1n) is 8.19. The first-order chi connectivity index (χ1) is 13.2. The highest BCUT2D eigenvalue weighted by Gasteiger charge is 2.26. The van der Waals surface area contributed by atoms with E-state index < -0.39 is 26.4 Å². The van der Waals surface area contributed by atoms with Gasteiger partial charge in [0.1, 0.15) is 5.75 Å². The van der Waals surface area contributed by atoms with E-state index in [9.17, 15) is 31.9 Å². The van der Waals surface area contributed by atoms with Crippen molar-refractivity contribution in [2.45, 2.75) is 17.1 Å². The number of halogens is 2. The van der Waals surface area contributed by atoms with Gasteiger partial charge >= 0.3 is 5.76 Å².